The molecule has 0 aliphatic heterocycles. The van der Waals surface area contributed by atoms with Crippen LogP contribution in [0.2, 0.25) is 0 Å². The van der Waals surface area contributed by atoms with E-state index in [9.17, 15) is 4.79 Å². The monoisotopic (exact) mass is 377 g/mol. The topological polar surface area (TPSA) is 46.9 Å². The molecule has 2 aromatic carbocycles. The van der Waals surface area contributed by atoms with Gasteiger partial charge in [-0.05, 0) is 44.5 Å². The number of aromatic nitrogens is 2. The highest BCUT2D eigenvalue weighted by Crippen LogP contribution is 2.22. The van der Waals surface area contributed by atoms with Crippen LogP contribution in [0.1, 0.15) is 73.7 Å². The maximum Gasteiger partial charge on any atom is 0.251 e. The second-order valence-electron chi connectivity index (χ2n) is 7.59. The summed E-state index contributed by atoms with van der Waals surface area (Å²) in [5.41, 5.74) is 3.96. The van der Waals surface area contributed by atoms with Crippen LogP contribution in [0.25, 0.3) is 11.0 Å². The molecule has 0 saturated heterocycles. The van der Waals surface area contributed by atoms with Gasteiger partial charge in [0.25, 0.3) is 5.91 Å². The highest BCUT2D eigenvalue weighted by molar-refractivity contribution is 5.94. The maximum atomic E-state index is 12.7. The first-order chi connectivity index (χ1) is 13.6. The van der Waals surface area contributed by atoms with Gasteiger partial charge in [-0.25, -0.2) is 4.98 Å². The van der Waals surface area contributed by atoms with Crippen LogP contribution in [0.3, 0.4) is 0 Å². The molecule has 4 heteroatoms. The number of nitrogens with one attached hydrogen (secondary N) is 1. The number of carbonyl (C=O) groups is 1. The molecule has 0 spiro atoms. The van der Waals surface area contributed by atoms with Crippen molar-refractivity contribution >= 4 is 16.9 Å². The van der Waals surface area contributed by atoms with Crippen LogP contribution < -0.4 is 5.32 Å². The van der Waals surface area contributed by atoms with E-state index in [0.717, 1.165) is 35.4 Å². The van der Waals surface area contributed by atoms with Gasteiger partial charge < -0.3 is 9.88 Å². The van der Waals surface area contributed by atoms with Crippen molar-refractivity contribution in [2.24, 2.45) is 0 Å². The Morgan fingerprint density at radius 2 is 1.75 bits per heavy atom. The molecule has 1 atom stereocenters. The minimum Gasteiger partial charge on any atom is -0.342 e. The summed E-state index contributed by atoms with van der Waals surface area (Å²) >= 11 is 0. The molecule has 0 aliphatic carbocycles. The lowest BCUT2D eigenvalue weighted by molar-refractivity contribution is 0.0937. The molecule has 3 aromatic rings. The predicted octanol–water partition coefficient (Wildman–Crippen LogP) is 5.81. The van der Waals surface area contributed by atoms with Gasteiger partial charge >= 0.3 is 0 Å². The first kappa shape index (κ1) is 20.1. The molecular weight excluding hydrogens is 346 g/mol. The number of imidazole rings is 1. The molecule has 0 aliphatic rings. The van der Waals surface area contributed by atoms with E-state index in [1.165, 1.54) is 25.7 Å². The molecule has 1 N–H and O–H groups in total. The van der Waals surface area contributed by atoms with Crippen molar-refractivity contribution in [2.45, 2.75) is 65.5 Å². The SMILES string of the molecule is CCCCCCCn1c(C(C)NC(=O)c2ccc(C)cc2)nc2ccccc21. The maximum absolute atomic E-state index is 12.7. The van der Waals surface area contributed by atoms with Crippen LogP contribution in [-0.2, 0) is 6.54 Å². The van der Waals surface area contributed by atoms with E-state index in [-0.39, 0.29) is 11.9 Å². The fraction of sp³-hybridized carbons (Fsp3) is 0.417. The molecule has 148 valence electrons. The Balaban J connectivity index is 1.77. The Labute approximate surface area is 168 Å². The summed E-state index contributed by atoms with van der Waals surface area (Å²) < 4.78 is 2.28. The van der Waals surface area contributed by atoms with Crippen molar-refractivity contribution in [2.75, 3.05) is 0 Å². The Morgan fingerprint density at radius 3 is 2.50 bits per heavy atom. The molecule has 3 rings (SSSR count). The second kappa shape index (κ2) is 9.54. The molecule has 0 saturated carbocycles. The van der Waals surface area contributed by atoms with E-state index in [2.05, 4.69) is 28.9 Å². The largest absolute Gasteiger partial charge is 0.342 e. The van der Waals surface area contributed by atoms with E-state index in [0.29, 0.717) is 5.56 Å². The van der Waals surface area contributed by atoms with Gasteiger partial charge in [-0.1, -0.05) is 62.4 Å². The highest BCUT2D eigenvalue weighted by atomic mass is 16.1. The molecule has 1 heterocycles. The zero-order valence-electron chi connectivity index (χ0n) is 17.2. The molecule has 28 heavy (non-hydrogen) atoms. The number of aryl methyl sites for hydroxylation is 2. The summed E-state index contributed by atoms with van der Waals surface area (Å²) in [6, 6.07) is 15.7. The number of amides is 1. The number of unbranched alkanes of at least 4 members (excludes halogenated alkanes) is 4. The van der Waals surface area contributed by atoms with Gasteiger partial charge in [-0.2, -0.15) is 0 Å². The van der Waals surface area contributed by atoms with E-state index in [1.54, 1.807) is 0 Å². The van der Waals surface area contributed by atoms with Gasteiger partial charge in [0.05, 0.1) is 17.1 Å². The third-order valence-electron chi connectivity index (χ3n) is 5.22. The van der Waals surface area contributed by atoms with E-state index < -0.39 is 0 Å². The zero-order chi connectivity index (χ0) is 19.9. The van der Waals surface area contributed by atoms with Crippen LogP contribution in [0.15, 0.2) is 48.5 Å². The number of fused-ring (bicyclic) bond motifs is 1. The Kier molecular flexibility index (Phi) is 6.85. The van der Waals surface area contributed by atoms with Gasteiger partial charge in [0.15, 0.2) is 0 Å². The number of hydrogen-bond donors (Lipinski definition) is 1. The summed E-state index contributed by atoms with van der Waals surface area (Å²) in [6.07, 6.45) is 6.18. The van der Waals surface area contributed by atoms with Crippen molar-refractivity contribution in [1.82, 2.24) is 14.9 Å². The van der Waals surface area contributed by atoms with Crippen molar-refractivity contribution in [1.29, 1.82) is 0 Å². The van der Waals surface area contributed by atoms with Gasteiger partial charge in [0, 0.05) is 12.1 Å². The summed E-state index contributed by atoms with van der Waals surface area (Å²) in [5, 5.41) is 3.12. The van der Waals surface area contributed by atoms with E-state index in [1.807, 2.05) is 50.2 Å². The number of benzene rings is 2. The van der Waals surface area contributed by atoms with Crippen LogP contribution in [0.4, 0.5) is 0 Å². The van der Waals surface area contributed by atoms with Crippen LogP contribution in [-0.4, -0.2) is 15.5 Å². The summed E-state index contributed by atoms with van der Waals surface area (Å²) in [5.74, 6) is 0.867. The molecular formula is C24H31N3O. The second-order valence-corrected chi connectivity index (χ2v) is 7.59. The Hall–Kier alpha value is -2.62. The van der Waals surface area contributed by atoms with Gasteiger partial charge in [-0.3, -0.25) is 4.79 Å². The number of nitrogens with zero attached hydrogens (tertiary/aromatic N) is 2. The first-order valence-corrected chi connectivity index (χ1v) is 10.4. The quantitative estimate of drug-likeness (QED) is 0.479. The lowest BCUT2D eigenvalue weighted by Gasteiger charge is -2.16. The molecule has 4 nitrogen and oxygen atoms in total. The van der Waals surface area contributed by atoms with E-state index in [4.69, 9.17) is 4.98 Å². The Morgan fingerprint density at radius 1 is 1.04 bits per heavy atom. The van der Waals surface area contributed by atoms with Gasteiger partial charge in [-0.15, -0.1) is 0 Å². The smallest absolute Gasteiger partial charge is 0.251 e. The molecule has 0 radical (unpaired) electrons. The van der Waals surface area contributed by atoms with E-state index >= 15 is 0 Å². The summed E-state index contributed by atoms with van der Waals surface area (Å²) in [4.78, 5) is 17.5. The first-order valence-electron chi connectivity index (χ1n) is 10.4. The summed E-state index contributed by atoms with van der Waals surface area (Å²) in [7, 11) is 0. The normalized spacial score (nSPS) is 12.2. The zero-order valence-corrected chi connectivity index (χ0v) is 17.2. The standard InChI is InChI=1S/C24H31N3O/c1-4-5-6-7-10-17-27-22-12-9-8-11-21(22)26-23(27)19(3)25-24(28)20-15-13-18(2)14-16-20/h8-9,11-16,19H,4-7,10,17H2,1-3H3,(H,25,28). The minimum absolute atomic E-state index is 0.0611. The molecule has 1 amide bonds. The van der Waals surface area contributed by atoms with Crippen LogP contribution >= 0.6 is 0 Å². The van der Waals surface area contributed by atoms with Crippen molar-refractivity contribution < 1.29 is 4.79 Å². The van der Waals surface area contributed by atoms with Crippen molar-refractivity contribution in [3.05, 3.63) is 65.5 Å². The fourth-order valence-corrected chi connectivity index (χ4v) is 3.58. The van der Waals surface area contributed by atoms with Crippen LogP contribution in [0, 0.1) is 6.92 Å². The van der Waals surface area contributed by atoms with Crippen molar-refractivity contribution in [3.63, 3.8) is 0 Å². The fourth-order valence-electron chi connectivity index (χ4n) is 3.58. The Bertz CT molecular complexity index is 911. The van der Waals surface area contributed by atoms with Crippen molar-refractivity contribution in [3.8, 4) is 0 Å². The lowest BCUT2D eigenvalue weighted by Crippen LogP contribution is -2.28. The molecule has 1 aromatic heterocycles. The average molecular weight is 378 g/mol. The third kappa shape index (κ3) is 4.80. The predicted molar refractivity (Wildman–Crippen MR) is 116 cm³/mol. The lowest BCUT2D eigenvalue weighted by atomic mass is 10.1. The third-order valence-corrected chi connectivity index (χ3v) is 5.22. The molecule has 0 fully saturated rings. The molecule has 0 bridgehead atoms. The average Bonchev–Trinajstić information content (AvgIpc) is 3.07. The van der Waals surface area contributed by atoms with Crippen LogP contribution in [0.5, 0.6) is 0 Å². The minimum atomic E-state index is -0.156. The number of carbonyl (C=O) groups excluding carboxylic acids is 1. The number of para-hydroxylation sites is 2. The highest BCUT2D eigenvalue weighted by Gasteiger charge is 2.18. The number of hydrogen-bond acceptors (Lipinski definition) is 2. The number of rotatable bonds is 9. The molecule has 1 unspecified atom stereocenters. The van der Waals surface area contributed by atoms with Gasteiger partial charge in [0.2, 0.25) is 0 Å². The summed E-state index contributed by atoms with van der Waals surface area (Å²) in [6.45, 7) is 7.21. The van der Waals surface area contributed by atoms with Gasteiger partial charge in [0.1, 0.15) is 5.82 Å².